The Bertz CT molecular complexity index is 1920. The Morgan fingerprint density at radius 3 is 2.33 bits per heavy atom. The molecular weight excluding hydrogens is 650 g/mol. The molecule has 0 unspecified atom stereocenters. The minimum Gasteiger partial charge on any atom is -0.493 e. The molecule has 1 fully saturated rings. The summed E-state index contributed by atoms with van der Waals surface area (Å²) < 4.78 is 66.0. The summed E-state index contributed by atoms with van der Waals surface area (Å²) in [6.45, 7) is -0.454. The number of hydrogen-bond acceptors (Lipinski definition) is 8. The minimum absolute atomic E-state index is 0.231. The van der Waals surface area contributed by atoms with Gasteiger partial charge in [-0.3, -0.25) is 23.7 Å². The first-order valence-electron chi connectivity index (χ1n) is 13.6. The van der Waals surface area contributed by atoms with Crippen LogP contribution in [-0.4, -0.2) is 41.8 Å². The van der Waals surface area contributed by atoms with Crippen LogP contribution in [0, 0.1) is 11.7 Å². The molecule has 4 aromatic rings. The molecule has 15 heteroatoms. The maximum Gasteiger partial charge on any atom is 0.416 e. The van der Waals surface area contributed by atoms with Crippen LogP contribution < -0.4 is 24.6 Å². The number of rotatable bonds is 7. The van der Waals surface area contributed by atoms with Crippen LogP contribution in [0.2, 0.25) is 0 Å². The van der Waals surface area contributed by atoms with Crippen molar-refractivity contribution in [3.63, 3.8) is 0 Å². The lowest BCUT2D eigenvalue weighted by atomic mass is 9.83. The van der Waals surface area contributed by atoms with E-state index < -0.39 is 63.8 Å². The zero-order valence-electron chi connectivity index (χ0n) is 24.0. The van der Waals surface area contributed by atoms with Crippen LogP contribution in [0.1, 0.15) is 21.9 Å². The van der Waals surface area contributed by atoms with Crippen molar-refractivity contribution >= 4 is 52.2 Å². The lowest BCUT2D eigenvalue weighted by Crippen LogP contribution is -2.33. The second-order valence-electron chi connectivity index (χ2n) is 10.4. The normalized spacial score (nSPS) is 19.1. The number of amides is 3. The predicted molar refractivity (Wildman–Crippen MR) is 162 cm³/mol. The van der Waals surface area contributed by atoms with Gasteiger partial charge in [0.25, 0.3) is 0 Å². The molecule has 1 aromatic heterocycles. The molecule has 46 heavy (non-hydrogen) atoms. The molecule has 9 nitrogen and oxygen atoms in total. The fourth-order valence-corrected chi connectivity index (χ4v) is 8.39. The fourth-order valence-electron chi connectivity index (χ4n) is 5.61. The summed E-state index contributed by atoms with van der Waals surface area (Å²) >= 11 is 1.72. The van der Waals surface area contributed by atoms with Crippen LogP contribution in [0.15, 0.2) is 76.6 Å². The molecule has 0 aliphatic carbocycles. The summed E-state index contributed by atoms with van der Waals surface area (Å²) in [7, 11) is 2.86. The Morgan fingerprint density at radius 2 is 1.65 bits per heavy atom. The maximum absolute atomic E-state index is 14.1. The molecular formula is C31H23F4N3O6S2. The number of nitrogens with one attached hydrogen (secondary N) is 1. The van der Waals surface area contributed by atoms with E-state index in [9.17, 15) is 36.7 Å². The third-order valence-electron chi connectivity index (χ3n) is 7.68. The molecule has 0 spiro atoms. The van der Waals surface area contributed by atoms with E-state index in [2.05, 4.69) is 5.32 Å². The van der Waals surface area contributed by atoms with E-state index in [0.29, 0.717) is 27.6 Å². The van der Waals surface area contributed by atoms with Gasteiger partial charge in [-0.1, -0.05) is 35.2 Å². The Hall–Kier alpha value is -4.63. The SMILES string of the molecule is COc1ccc([C@@H]2c3sc(=O)n(CC(=O)Nc4ccc(F)cc4)c3S[C@H]3C(=O)N(c4cccc(C(F)(F)F)c4)C(=O)[C@@H]23)cc1OC. The fraction of sp³-hybridized carbons (Fsp3) is 0.226. The number of hydrogen-bond donors (Lipinski definition) is 1. The molecule has 3 amide bonds. The van der Waals surface area contributed by atoms with Crippen molar-refractivity contribution in [3.8, 4) is 11.5 Å². The maximum atomic E-state index is 14.1. The van der Waals surface area contributed by atoms with E-state index >= 15 is 0 Å². The van der Waals surface area contributed by atoms with Crippen LogP contribution in [0.5, 0.6) is 11.5 Å². The van der Waals surface area contributed by atoms with Gasteiger partial charge in [0.05, 0.1) is 36.4 Å². The van der Waals surface area contributed by atoms with Gasteiger partial charge < -0.3 is 14.8 Å². The van der Waals surface area contributed by atoms with Gasteiger partial charge in [0.1, 0.15) is 17.6 Å². The summed E-state index contributed by atoms with van der Waals surface area (Å²) in [5, 5.41) is 1.74. The van der Waals surface area contributed by atoms with Crippen molar-refractivity contribution in [1.82, 2.24) is 4.57 Å². The molecule has 3 aromatic carbocycles. The van der Waals surface area contributed by atoms with Crippen LogP contribution in [-0.2, 0) is 27.1 Å². The first-order chi connectivity index (χ1) is 21.9. The lowest BCUT2D eigenvalue weighted by molar-refractivity contribution is -0.137. The second-order valence-corrected chi connectivity index (χ2v) is 12.5. The van der Waals surface area contributed by atoms with E-state index in [-0.39, 0.29) is 10.7 Å². The zero-order chi connectivity index (χ0) is 32.9. The van der Waals surface area contributed by atoms with Gasteiger partial charge in [-0.2, -0.15) is 13.2 Å². The van der Waals surface area contributed by atoms with E-state index in [1.165, 1.54) is 37.0 Å². The van der Waals surface area contributed by atoms with Crippen molar-refractivity contribution in [1.29, 1.82) is 0 Å². The largest absolute Gasteiger partial charge is 0.493 e. The average molecular weight is 674 g/mol. The number of carbonyl (C=O) groups is 3. The van der Waals surface area contributed by atoms with Crippen molar-refractivity contribution in [3.05, 3.63) is 98.2 Å². The smallest absolute Gasteiger partial charge is 0.416 e. The van der Waals surface area contributed by atoms with Gasteiger partial charge in [-0.25, -0.2) is 9.29 Å². The first kappa shape index (κ1) is 31.4. The minimum atomic E-state index is -4.71. The summed E-state index contributed by atoms with van der Waals surface area (Å²) in [5.41, 5.74) is -0.465. The Balaban J connectivity index is 1.44. The van der Waals surface area contributed by atoms with E-state index in [4.69, 9.17) is 9.47 Å². The van der Waals surface area contributed by atoms with Crippen LogP contribution >= 0.6 is 23.1 Å². The molecule has 238 valence electrons. The van der Waals surface area contributed by atoms with Crippen molar-refractivity contribution in [2.24, 2.45) is 5.92 Å². The van der Waals surface area contributed by atoms with Crippen molar-refractivity contribution in [2.45, 2.75) is 28.9 Å². The third kappa shape index (κ3) is 5.53. The summed E-state index contributed by atoms with van der Waals surface area (Å²) in [5.74, 6) is -3.87. The number of benzene rings is 3. The lowest BCUT2D eigenvalue weighted by Gasteiger charge is -2.31. The average Bonchev–Trinajstić information content (AvgIpc) is 3.47. The molecule has 3 heterocycles. The van der Waals surface area contributed by atoms with Crippen LogP contribution in [0.4, 0.5) is 28.9 Å². The topological polar surface area (TPSA) is 107 Å². The number of methoxy groups -OCH3 is 2. The number of aromatic nitrogens is 1. The second kappa shape index (κ2) is 11.9. The number of imide groups is 1. The number of anilines is 2. The van der Waals surface area contributed by atoms with Crippen LogP contribution in [0.25, 0.3) is 0 Å². The molecule has 3 atom stereocenters. The molecule has 6 rings (SSSR count). The van der Waals surface area contributed by atoms with Gasteiger partial charge in [0.2, 0.25) is 17.7 Å². The molecule has 2 aliphatic heterocycles. The predicted octanol–water partition coefficient (Wildman–Crippen LogP) is 5.52. The monoisotopic (exact) mass is 673 g/mol. The molecule has 0 saturated carbocycles. The van der Waals surface area contributed by atoms with Gasteiger partial charge >= 0.3 is 11.0 Å². The zero-order valence-corrected chi connectivity index (χ0v) is 25.6. The number of fused-ring (bicyclic) bond motifs is 2. The Labute approximate surface area is 266 Å². The van der Waals surface area contributed by atoms with Crippen molar-refractivity contribution in [2.75, 3.05) is 24.4 Å². The number of thioether (sulfide) groups is 1. The summed E-state index contributed by atoms with van der Waals surface area (Å²) in [6, 6.07) is 13.9. The molecule has 0 radical (unpaired) electrons. The van der Waals surface area contributed by atoms with E-state index in [1.54, 1.807) is 18.2 Å². The summed E-state index contributed by atoms with van der Waals surface area (Å²) in [6.07, 6.45) is -4.71. The quantitative estimate of drug-likeness (QED) is 0.204. The van der Waals surface area contributed by atoms with E-state index in [1.807, 2.05) is 0 Å². The molecule has 0 bridgehead atoms. The molecule has 1 saturated heterocycles. The van der Waals surface area contributed by atoms with Gasteiger partial charge in [0.15, 0.2) is 11.5 Å². The van der Waals surface area contributed by atoms with Gasteiger partial charge in [-0.05, 0) is 60.2 Å². The summed E-state index contributed by atoms with van der Waals surface area (Å²) in [4.78, 5) is 54.9. The molecule has 1 N–H and O–H groups in total. The number of thiazole rings is 1. The van der Waals surface area contributed by atoms with Gasteiger partial charge in [0, 0.05) is 16.5 Å². The number of carbonyl (C=O) groups excluding carboxylic acids is 3. The van der Waals surface area contributed by atoms with Crippen LogP contribution in [0.3, 0.4) is 0 Å². The Kier molecular flexibility index (Phi) is 8.14. The number of halogens is 4. The highest BCUT2D eigenvalue weighted by Crippen LogP contribution is 2.54. The van der Waals surface area contributed by atoms with E-state index in [0.717, 1.165) is 58.3 Å². The standard InChI is InChI=1S/C31H23F4N3O6S2/c1-43-20-11-6-15(12-21(20)44-2)23-24-25(28(41)38(27(24)40)19-5-3-4-16(13-19)31(33,34)35)45-29-26(23)46-30(42)37(29)14-22(39)36-18-9-7-17(32)8-10-18/h3-13,23-25H,14H2,1-2H3,(H,36,39)/t23-,24-,25+/m0/s1. The van der Waals surface area contributed by atoms with Crippen molar-refractivity contribution < 1.29 is 41.4 Å². The third-order valence-corrected chi connectivity index (χ3v) is 10.3. The number of alkyl halides is 3. The highest BCUT2D eigenvalue weighted by molar-refractivity contribution is 8.00. The first-order valence-corrected chi connectivity index (χ1v) is 15.3. The number of nitrogens with zero attached hydrogens (tertiary/aromatic N) is 2. The Morgan fingerprint density at radius 1 is 0.935 bits per heavy atom. The highest BCUT2D eigenvalue weighted by Gasteiger charge is 2.57. The van der Waals surface area contributed by atoms with Gasteiger partial charge in [-0.15, -0.1) is 0 Å². The number of ether oxygens (including phenoxy) is 2. The highest BCUT2D eigenvalue weighted by atomic mass is 32.2. The molecule has 2 aliphatic rings.